The van der Waals surface area contributed by atoms with Gasteiger partial charge in [0, 0.05) is 10.9 Å². The zero-order valence-electron chi connectivity index (χ0n) is 8.45. The molecule has 0 aliphatic carbocycles. The molecule has 1 aromatic heterocycles. The van der Waals surface area contributed by atoms with Crippen molar-refractivity contribution in [2.45, 2.75) is 11.9 Å². The molecular formula is C12H10BrFOS. The molecule has 0 radical (unpaired) electrons. The molecule has 0 saturated carbocycles. The quantitative estimate of drug-likeness (QED) is 0.762. The van der Waals surface area contributed by atoms with E-state index in [9.17, 15) is 4.39 Å². The maximum atomic E-state index is 13.0. The van der Waals surface area contributed by atoms with Crippen LogP contribution in [0.3, 0.4) is 0 Å². The largest absolute Gasteiger partial charge is 0.489 e. The second kappa shape index (κ2) is 5.46. The first-order chi connectivity index (χ1) is 7.79. The van der Waals surface area contributed by atoms with E-state index in [0.29, 0.717) is 11.9 Å². The molecule has 0 aliphatic heterocycles. The van der Waals surface area contributed by atoms with Gasteiger partial charge in [0.2, 0.25) is 0 Å². The minimum Gasteiger partial charge on any atom is -0.489 e. The van der Waals surface area contributed by atoms with E-state index in [1.807, 2.05) is 16.8 Å². The van der Waals surface area contributed by atoms with Crippen LogP contribution in [0.4, 0.5) is 4.39 Å². The first-order valence-corrected chi connectivity index (χ1v) is 6.84. The van der Waals surface area contributed by atoms with Gasteiger partial charge < -0.3 is 4.74 Å². The third-order valence-electron chi connectivity index (χ3n) is 2.14. The molecule has 0 amide bonds. The molecule has 2 rings (SSSR count). The Morgan fingerprint density at radius 3 is 2.88 bits per heavy atom. The Labute approximate surface area is 106 Å². The van der Waals surface area contributed by atoms with Gasteiger partial charge in [-0.3, -0.25) is 0 Å². The van der Waals surface area contributed by atoms with Gasteiger partial charge in [0.25, 0.3) is 0 Å². The van der Waals surface area contributed by atoms with Crippen LogP contribution in [0.15, 0.2) is 35.0 Å². The van der Waals surface area contributed by atoms with Crippen LogP contribution < -0.4 is 4.74 Å². The number of halogens is 2. The van der Waals surface area contributed by atoms with E-state index in [1.165, 1.54) is 12.1 Å². The van der Waals surface area contributed by atoms with Crippen LogP contribution in [0.25, 0.3) is 0 Å². The number of hydrogen-bond acceptors (Lipinski definition) is 2. The lowest BCUT2D eigenvalue weighted by atomic mass is 10.2. The highest BCUT2D eigenvalue weighted by molar-refractivity contribution is 9.08. The van der Waals surface area contributed by atoms with Gasteiger partial charge in [-0.05, 0) is 40.6 Å². The summed E-state index contributed by atoms with van der Waals surface area (Å²) in [5.74, 6) is 0.488. The molecule has 0 bridgehead atoms. The van der Waals surface area contributed by atoms with E-state index < -0.39 is 0 Å². The summed E-state index contributed by atoms with van der Waals surface area (Å²) in [5.41, 5.74) is 1.96. The number of benzene rings is 1. The molecule has 0 spiro atoms. The molecule has 1 heterocycles. The van der Waals surface area contributed by atoms with Gasteiger partial charge in [0.1, 0.15) is 18.2 Å². The summed E-state index contributed by atoms with van der Waals surface area (Å²) in [6.07, 6.45) is 0. The fourth-order valence-corrected chi connectivity index (χ4v) is 2.42. The second-order valence-electron chi connectivity index (χ2n) is 3.31. The molecule has 0 saturated heterocycles. The lowest BCUT2D eigenvalue weighted by Gasteiger charge is -2.09. The Bertz CT molecular complexity index is 456. The van der Waals surface area contributed by atoms with E-state index in [4.69, 9.17) is 4.74 Å². The molecule has 1 nitrogen and oxygen atoms in total. The van der Waals surface area contributed by atoms with Crippen LogP contribution in [0, 0.1) is 5.82 Å². The van der Waals surface area contributed by atoms with Gasteiger partial charge in [-0.25, -0.2) is 4.39 Å². The first kappa shape index (κ1) is 11.6. The average molecular weight is 301 g/mol. The monoisotopic (exact) mass is 300 g/mol. The summed E-state index contributed by atoms with van der Waals surface area (Å²) in [7, 11) is 0. The lowest BCUT2D eigenvalue weighted by molar-refractivity contribution is 0.304. The molecule has 0 unspecified atom stereocenters. The smallest absolute Gasteiger partial charge is 0.124 e. The van der Waals surface area contributed by atoms with Crippen molar-refractivity contribution in [2.24, 2.45) is 0 Å². The van der Waals surface area contributed by atoms with Gasteiger partial charge in [0.15, 0.2) is 0 Å². The van der Waals surface area contributed by atoms with E-state index >= 15 is 0 Å². The number of rotatable bonds is 4. The van der Waals surface area contributed by atoms with Gasteiger partial charge in [-0.1, -0.05) is 15.9 Å². The summed E-state index contributed by atoms with van der Waals surface area (Å²) >= 11 is 4.95. The topological polar surface area (TPSA) is 9.23 Å². The Hall–Kier alpha value is -0.870. The molecular weight excluding hydrogens is 291 g/mol. The van der Waals surface area contributed by atoms with Gasteiger partial charge in [0.05, 0.1) is 0 Å². The fourth-order valence-electron chi connectivity index (χ4n) is 1.33. The van der Waals surface area contributed by atoms with Crippen molar-refractivity contribution >= 4 is 27.3 Å². The fraction of sp³-hybridized carbons (Fsp3) is 0.167. The Morgan fingerprint density at radius 2 is 2.19 bits per heavy atom. The van der Waals surface area contributed by atoms with Gasteiger partial charge in [-0.15, -0.1) is 0 Å². The molecule has 84 valence electrons. The van der Waals surface area contributed by atoms with Gasteiger partial charge in [-0.2, -0.15) is 11.3 Å². The summed E-state index contributed by atoms with van der Waals surface area (Å²) in [6, 6.07) is 6.58. The van der Waals surface area contributed by atoms with E-state index in [-0.39, 0.29) is 5.82 Å². The number of thiophene rings is 1. The maximum Gasteiger partial charge on any atom is 0.124 e. The predicted molar refractivity (Wildman–Crippen MR) is 67.7 cm³/mol. The maximum absolute atomic E-state index is 13.0. The summed E-state index contributed by atoms with van der Waals surface area (Å²) < 4.78 is 18.6. The normalized spacial score (nSPS) is 10.4. The molecule has 4 heteroatoms. The van der Waals surface area contributed by atoms with Crippen molar-refractivity contribution in [2.75, 3.05) is 0 Å². The molecule has 0 fully saturated rings. The van der Waals surface area contributed by atoms with Crippen molar-refractivity contribution < 1.29 is 9.13 Å². The van der Waals surface area contributed by atoms with Crippen molar-refractivity contribution in [1.29, 1.82) is 0 Å². The minimum atomic E-state index is -0.239. The molecule has 2 aromatic rings. The lowest BCUT2D eigenvalue weighted by Crippen LogP contribution is -1.97. The SMILES string of the molecule is Fc1ccc(OCc2ccsc2)c(CBr)c1. The highest BCUT2D eigenvalue weighted by atomic mass is 79.9. The number of hydrogen-bond donors (Lipinski definition) is 0. The average Bonchev–Trinajstić information content (AvgIpc) is 2.80. The van der Waals surface area contributed by atoms with E-state index in [1.54, 1.807) is 17.4 Å². The summed E-state index contributed by atoms with van der Waals surface area (Å²) in [6.45, 7) is 0.523. The summed E-state index contributed by atoms with van der Waals surface area (Å²) in [5, 5.41) is 4.63. The number of alkyl halides is 1. The van der Waals surface area contributed by atoms with Crippen LogP contribution in [0.1, 0.15) is 11.1 Å². The van der Waals surface area contributed by atoms with Crippen molar-refractivity contribution in [3.63, 3.8) is 0 Å². The van der Waals surface area contributed by atoms with Gasteiger partial charge >= 0.3 is 0 Å². The minimum absolute atomic E-state index is 0.239. The third-order valence-corrected chi connectivity index (χ3v) is 3.48. The van der Waals surface area contributed by atoms with Crippen molar-refractivity contribution in [3.05, 3.63) is 52.0 Å². The first-order valence-electron chi connectivity index (χ1n) is 4.78. The van der Waals surface area contributed by atoms with E-state index in [0.717, 1.165) is 16.9 Å². The summed E-state index contributed by atoms with van der Waals surface area (Å²) in [4.78, 5) is 0. The molecule has 16 heavy (non-hydrogen) atoms. The zero-order chi connectivity index (χ0) is 11.4. The van der Waals surface area contributed by atoms with Crippen LogP contribution in [0.2, 0.25) is 0 Å². The molecule has 0 atom stereocenters. The molecule has 1 aromatic carbocycles. The van der Waals surface area contributed by atoms with Crippen molar-refractivity contribution in [1.82, 2.24) is 0 Å². The highest BCUT2D eigenvalue weighted by Gasteiger charge is 2.04. The standard InChI is InChI=1S/C12H10BrFOS/c13-6-10-5-11(14)1-2-12(10)15-7-9-3-4-16-8-9/h1-5,8H,6-7H2. The van der Waals surface area contributed by atoms with E-state index in [2.05, 4.69) is 15.9 Å². The molecule has 0 aliphatic rings. The van der Waals surface area contributed by atoms with Crippen molar-refractivity contribution in [3.8, 4) is 5.75 Å². The third kappa shape index (κ3) is 2.83. The highest BCUT2D eigenvalue weighted by Crippen LogP contribution is 2.23. The Morgan fingerprint density at radius 1 is 1.31 bits per heavy atom. The van der Waals surface area contributed by atoms with Crippen LogP contribution in [-0.2, 0) is 11.9 Å². The van der Waals surface area contributed by atoms with Crippen LogP contribution >= 0.6 is 27.3 Å². The zero-order valence-corrected chi connectivity index (χ0v) is 10.9. The van der Waals surface area contributed by atoms with Crippen LogP contribution in [-0.4, -0.2) is 0 Å². The second-order valence-corrected chi connectivity index (χ2v) is 4.65. The molecule has 0 N–H and O–H groups in total. The predicted octanol–water partition coefficient (Wildman–Crippen LogP) is 4.36. The van der Waals surface area contributed by atoms with Crippen LogP contribution in [0.5, 0.6) is 5.75 Å². The Balaban J connectivity index is 2.09. The number of ether oxygens (including phenoxy) is 1. The Kier molecular flexibility index (Phi) is 3.96.